The number of aryl methyl sites for hydroxylation is 1. The lowest BCUT2D eigenvalue weighted by molar-refractivity contribution is -0.0271. The van der Waals surface area contributed by atoms with Crippen LogP contribution in [-0.4, -0.2) is 34.0 Å². The van der Waals surface area contributed by atoms with Gasteiger partial charge in [-0.2, -0.15) is 0 Å². The Morgan fingerprint density at radius 1 is 1.38 bits per heavy atom. The van der Waals surface area contributed by atoms with E-state index in [9.17, 15) is 8.78 Å². The van der Waals surface area contributed by atoms with Crippen molar-refractivity contribution >= 4 is 5.82 Å². The zero-order valence-electron chi connectivity index (χ0n) is 9.95. The monoisotopic (exact) mass is 232 g/mol. The molecule has 0 N–H and O–H groups in total. The maximum absolute atomic E-state index is 12.6. The van der Waals surface area contributed by atoms with Gasteiger partial charge in [-0.25, -0.2) is 13.5 Å². The second kappa shape index (κ2) is 5.23. The molecule has 0 saturated carbocycles. The second-order valence-electron chi connectivity index (χ2n) is 3.53. The van der Waals surface area contributed by atoms with Gasteiger partial charge in [0.15, 0.2) is 0 Å². The van der Waals surface area contributed by atoms with Crippen molar-refractivity contribution in [2.24, 2.45) is 0 Å². The fourth-order valence-electron chi connectivity index (χ4n) is 1.54. The van der Waals surface area contributed by atoms with Crippen LogP contribution < -0.4 is 4.90 Å². The van der Waals surface area contributed by atoms with E-state index in [1.165, 1.54) is 6.20 Å². The van der Waals surface area contributed by atoms with E-state index in [0.29, 0.717) is 5.82 Å². The summed E-state index contributed by atoms with van der Waals surface area (Å²) in [6.07, 6.45) is 2.45. The number of halogens is 2. The first-order valence-electron chi connectivity index (χ1n) is 5.63. The van der Waals surface area contributed by atoms with E-state index in [1.807, 2.05) is 20.8 Å². The summed E-state index contributed by atoms with van der Waals surface area (Å²) in [6.45, 7) is 6.29. The van der Waals surface area contributed by atoms with E-state index in [1.54, 1.807) is 9.58 Å². The molecule has 0 aliphatic carbocycles. The molecular weight excluding hydrogens is 214 g/mol. The molecular formula is C10H18F2N4. The zero-order valence-corrected chi connectivity index (χ0v) is 9.95. The number of nitrogens with zero attached hydrogens (tertiary/aromatic N) is 4. The van der Waals surface area contributed by atoms with Crippen molar-refractivity contribution in [1.29, 1.82) is 0 Å². The Morgan fingerprint density at radius 2 is 2.00 bits per heavy atom. The molecule has 1 saturated heterocycles. The Morgan fingerprint density at radius 3 is 2.50 bits per heavy atom. The number of anilines is 1. The lowest BCUT2D eigenvalue weighted by atomic mass is 10.1. The molecule has 0 unspecified atom stereocenters. The minimum Gasteiger partial charge on any atom is -0.343 e. The first kappa shape index (κ1) is 12.9. The molecule has 0 aromatic carbocycles. The maximum atomic E-state index is 12.6. The summed E-state index contributed by atoms with van der Waals surface area (Å²) >= 11 is 0. The quantitative estimate of drug-likeness (QED) is 0.801. The summed E-state index contributed by atoms with van der Waals surface area (Å²) in [5.74, 6) is -1.85. The molecule has 0 bridgehead atoms. The highest BCUT2D eigenvalue weighted by Crippen LogP contribution is 2.30. The summed E-state index contributed by atoms with van der Waals surface area (Å²) in [6, 6.07) is 0. The molecule has 4 nitrogen and oxygen atoms in total. The van der Waals surface area contributed by atoms with Gasteiger partial charge in [-0.1, -0.05) is 26.0 Å². The van der Waals surface area contributed by atoms with Crippen LogP contribution >= 0.6 is 0 Å². The van der Waals surface area contributed by atoms with Gasteiger partial charge < -0.3 is 4.90 Å². The van der Waals surface area contributed by atoms with Crippen LogP contribution in [0.1, 0.15) is 27.2 Å². The zero-order chi connectivity index (χ0) is 12.2. The molecule has 16 heavy (non-hydrogen) atoms. The number of hydrogen-bond donors (Lipinski definition) is 0. The van der Waals surface area contributed by atoms with Gasteiger partial charge in [-0.05, 0) is 6.42 Å². The lowest BCUT2D eigenvalue weighted by Gasteiger charge is -2.39. The molecule has 1 fully saturated rings. The average molecular weight is 232 g/mol. The van der Waals surface area contributed by atoms with Gasteiger partial charge in [0.25, 0.3) is 5.92 Å². The van der Waals surface area contributed by atoms with Gasteiger partial charge in [0.1, 0.15) is 5.82 Å². The maximum Gasteiger partial charge on any atom is 0.282 e. The molecule has 6 heteroatoms. The number of hydrogen-bond acceptors (Lipinski definition) is 3. The van der Waals surface area contributed by atoms with Crippen LogP contribution in [0.4, 0.5) is 14.6 Å². The predicted molar refractivity (Wildman–Crippen MR) is 58.8 cm³/mol. The van der Waals surface area contributed by atoms with Crippen molar-refractivity contribution in [2.45, 2.75) is 39.7 Å². The predicted octanol–water partition coefficient (Wildman–Crippen LogP) is 2.17. The summed E-state index contributed by atoms with van der Waals surface area (Å²) in [5.41, 5.74) is 0. The fraction of sp³-hybridized carbons (Fsp3) is 0.800. The molecule has 2 rings (SSSR count). The van der Waals surface area contributed by atoms with Crippen LogP contribution in [0.5, 0.6) is 0 Å². The van der Waals surface area contributed by atoms with Gasteiger partial charge in [-0.15, -0.1) is 5.10 Å². The van der Waals surface area contributed by atoms with E-state index in [2.05, 4.69) is 10.3 Å². The molecule has 0 spiro atoms. The van der Waals surface area contributed by atoms with Crippen molar-refractivity contribution < 1.29 is 8.78 Å². The van der Waals surface area contributed by atoms with E-state index in [4.69, 9.17) is 0 Å². The van der Waals surface area contributed by atoms with Crippen LogP contribution in [-0.2, 0) is 6.54 Å². The molecule has 0 radical (unpaired) electrons. The topological polar surface area (TPSA) is 34.0 Å². The molecule has 1 aliphatic rings. The minimum atomic E-state index is -2.54. The molecule has 0 amide bonds. The highest BCUT2D eigenvalue weighted by Gasteiger charge is 2.45. The van der Waals surface area contributed by atoms with Gasteiger partial charge >= 0.3 is 0 Å². The van der Waals surface area contributed by atoms with Crippen molar-refractivity contribution in [2.75, 3.05) is 18.0 Å². The standard InChI is InChI=1S/C8H12F2N4.C2H6/c1-2-3-14-7(4-11-12-14)13-5-8(9,10)6-13;1-2/h4H,2-3,5-6H2,1H3;1-2H3. The Balaban J connectivity index is 0.000000606. The Bertz CT molecular complexity index is 316. The minimum absolute atomic E-state index is 0.218. The van der Waals surface area contributed by atoms with E-state index < -0.39 is 5.92 Å². The van der Waals surface area contributed by atoms with Gasteiger partial charge in [0.2, 0.25) is 0 Å². The third-order valence-corrected chi connectivity index (χ3v) is 2.20. The summed E-state index contributed by atoms with van der Waals surface area (Å²) in [5, 5.41) is 7.55. The molecule has 1 aromatic heterocycles. The smallest absolute Gasteiger partial charge is 0.282 e. The van der Waals surface area contributed by atoms with Crippen molar-refractivity contribution in [3.8, 4) is 0 Å². The highest BCUT2D eigenvalue weighted by molar-refractivity contribution is 5.41. The van der Waals surface area contributed by atoms with E-state index in [0.717, 1.165) is 13.0 Å². The third kappa shape index (κ3) is 2.68. The van der Waals surface area contributed by atoms with Crippen LogP contribution in [0, 0.1) is 0 Å². The molecule has 1 aliphatic heterocycles. The summed E-state index contributed by atoms with van der Waals surface area (Å²) in [7, 11) is 0. The van der Waals surface area contributed by atoms with Gasteiger partial charge in [-0.3, -0.25) is 0 Å². The Labute approximate surface area is 94.2 Å². The SMILES string of the molecule is CC.CCCn1nncc1N1CC(F)(F)C1. The summed E-state index contributed by atoms with van der Waals surface area (Å²) in [4.78, 5) is 1.59. The van der Waals surface area contributed by atoms with Crippen molar-refractivity contribution in [3.05, 3.63) is 6.20 Å². The van der Waals surface area contributed by atoms with Crippen LogP contribution in [0.15, 0.2) is 6.20 Å². The number of rotatable bonds is 3. The molecule has 2 heterocycles. The summed E-state index contributed by atoms with van der Waals surface area (Å²) < 4.78 is 26.9. The first-order valence-corrected chi connectivity index (χ1v) is 5.63. The molecule has 1 aromatic rings. The Hall–Kier alpha value is -1.20. The van der Waals surface area contributed by atoms with E-state index >= 15 is 0 Å². The largest absolute Gasteiger partial charge is 0.343 e. The van der Waals surface area contributed by atoms with Gasteiger partial charge in [0, 0.05) is 6.54 Å². The Kier molecular flexibility index (Phi) is 4.20. The van der Waals surface area contributed by atoms with Crippen LogP contribution in [0.3, 0.4) is 0 Å². The van der Waals surface area contributed by atoms with Crippen LogP contribution in [0.25, 0.3) is 0 Å². The first-order chi connectivity index (χ1) is 7.62. The number of alkyl halides is 2. The van der Waals surface area contributed by atoms with E-state index in [-0.39, 0.29) is 13.1 Å². The second-order valence-corrected chi connectivity index (χ2v) is 3.53. The average Bonchev–Trinajstić information content (AvgIpc) is 2.66. The van der Waals surface area contributed by atoms with Crippen molar-refractivity contribution in [1.82, 2.24) is 15.0 Å². The fourth-order valence-corrected chi connectivity index (χ4v) is 1.54. The number of aromatic nitrogens is 3. The van der Waals surface area contributed by atoms with Gasteiger partial charge in [0.05, 0.1) is 19.3 Å². The highest BCUT2D eigenvalue weighted by atomic mass is 19.3. The lowest BCUT2D eigenvalue weighted by Crippen LogP contribution is -2.57. The van der Waals surface area contributed by atoms with Crippen molar-refractivity contribution in [3.63, 3.8) is 0 Å². The van der Waals surface area contributed by atoms with Crippen LogP contribution in [0.2, 0.25) is 0 Å². The third-order valence-electron chi connectivity index (χ3n) is 2.20. The molecule has 0 atom stereocenters. The molecule has 92 valence electrons. The normalized spacial score (nSPS) is 17.4.